The monoisotopic (exact) mass is 303 g/mol. The third-order valence-electron chi connectivity index (χ3n) is 4.29. The van der Waals surface area contributed by atoms with E-state index in [0.717, 1.165) is 25.1 Å². The molecule has 0 spiro atoms. The van der Waals surface area contributed by atoms with Crippen LogP contribution in [0.25, 0.3) is 0 Å². The standard InChI is InChI=1S/C20H33NO/c1-4-7-8-9-10-11-12-14-18-15-13-16-19(17-18)20(22)21(5-2)6-3/h13,15-17H,4-12,14H2,1-3H3. The summed E-state index contributed by atoms with van der Waals surface area (Å²) in [5.41, 5.74) is 2.13. The average Bonchev–Trinajstić information content (AvgIpc) is 2.55. The van der Waals surface area contributed by atoms with Crippen LogP contribution < -0.4 is 0 Å². The molecule has 124 valence electrons. The number of nitrogens with zero attached hydrogens (tertiary/aromatic N) is 1. The lowest BCUT2D eigenvalue weighted by Crippen LogP contribution is -2.30. The molecule has 0 aliphatic carbocycles. The molecule has 0 aliphatic rings. The summed E-state index contributed by atoms with van der Waals surface area (Å²) < 4.78 is 0. The van der Waals surface area contributed by atoms with Crippen molar-refractivity contribution in [2.45, 2.75) is 72.1 Å². The summed E-state index contributed by atoms with van der Waals surface area (Å²) in [5.74, 6) is 0.159. The van der Waals surface area contributed by atoms with Crippen LogP contribution in [0.5, 0.6) is 0 Å². The van der Waals surface area contributed by atoms with Gasteiger partial charge in [0.2, 0.25) is 0 Å². The molecule has 0 fully saturated rings. The van der Waals surface area contributed by atoms with Gasteiger partial charge in [0.1, 0.15) is 0 Å². The number of benzene rings is 1. The highest BCUT2D eigenvalue weighted by atomic mass is 16.2. The summed E-state index contributed by atoms with van der Waals surface area (Å²) in [5, 5.41) is 0. The zero-order valence-corrected chi connectivity index (χ0v) is 14.7. The topological polar surface area (TPSA) is 20.3 Å². The maximum absolute atomic E-state index is 12.4. The van der Waals surface area contributed by atoms with E-state index in [4.69, 9.17) is 0 Å². The molecule has 0 aliphatic heterocycles. The van der Waals surface area contributed by atoms with Crippen molar-refractivity contribution < 1.29 is 4.79 Å². The Bertz CT molecular complexity index is 423. The van der Waals surface area contributed by atoms with Crippen molar-refractivity contribution in [2.24, 2.45) is 0 Å². The van der Waals surface area contributed by atoms with E-state index in [-0.39, 0.29) is 5.91 Å². The van der Waals surface area contributed by atoms with Crippen LogP contribution in [0.15, 0.2) is 24.3 Å². The molecule has 1 rings (SSSR count). The number of unbranched alkanes of at least 4 members (excludes halogenated alkanes) is 6. The number of carbonyl (C=O) groups is 1. The number of amides is 1. The maximum atomic E-state index is 12.4. The molecule has 0 radical (unpaired) electrons. The molecule has 0 saturated carbocycles. The highest BCUT2D eigenvalue weighted by Gasteiger charge is 2.12. The van der Waals surface area contributed by atoms with Crippen molar-refractivity contribution >= 4 is 5.91 Å². The van der Waals surface area contributed by atoms with Gasteiger partial charge in [0.25, 0.3) is 5.91 Å². The predicted octanol–water partition coefficient (Wildman–Crippen LogP) is 5.46. The molecular weight excluding hydrogens is 270 g/mol. The van der Waals surface area contributed by atoms with Gasteiger partial charge >= 0.3 is 0 Å². The zero-order chi connectivity index (χ0) is 16.2. The molecule has 0 aromatic heterocycles. The summed E-state index contributed by atoms with van der Waals surface area (Å²) >= 11 is 0. The van der Waals surface area contributed by atoms with E-state index in [1.54, 1.807) is 0 Å². The lowest BCUT2D eigenvalue weighted by atomic mass is 10.0. The van der Waals surface area contributed by atoms with Gasteiger partial charge in [-0.25, -0.2) is 0 Å². The van der Waals surface area contributed by atoms with Gasteiger partial charge in [-0.1, -0.05) is 57.6 Å². The van der Waals surface area contributed by atoms with E-state index in [9.17, 15) is 4.79 Å². The van der Waals surface area contributed by atoms with Crippen LogP contribution in [0, 0.1) is 0 Å². The second kappa shape index (κ2) is 11.3. The smallest absolute Gasteiger partial charge is 0.253 e. The van der Waals surface area contributed by atoms with E-state index < -0.39 is 0 Å². The van der Waals surface area contributed by atoms with Crippen LogP contribution >= 0.6 is 0 Å². The first-order valence-corrected chi connectivity index (χ1v) is 9.11. The minimum atomic E-state index is 0.159. The Balaban J connectivity index is 2.39. The molecule has 22 heavy (non-hydrogen) atoms. The SMILES string of the molecule is CCCCCCCCCc1cccc(C(=O)N(CC)CC)c1. The Kier molecular flexibility index (Phi) is 9.61. The Morgan fingerprint density at radius 2 is 1.55 bits per heavy atom. The number of hydrogen-bond donors (Lipinski definition) is 0. The van der Waals surface area contributed by atoms with E-state index in [2.05, 4.69) is 19.1 Å². The summed E-state index contributed by atoms with van der Waals surface area (Å²) in [6.45, 7) is 7.87. The number of aryl methyl sites for hydroxylation is 1. The normalized spacial score (nSPS) is 10.7. The second-order valence-corrected chi connectivity index (χ2v) is 6.05. The van der Waals surface area contributed by atoms with Gasteiger partial charge < -0.3 is 4.90 Å². The van der Waals surface area contributed by atoms with Crippen molar-refractivity contribution in [3.63, 3.8) is 0 Å². The highest BCUT2D eigenvalue weighted by molar-refractivity contribution is 5.94. The fourth-order valence-electron chi connectivity index (χ4n) is 2.84. The third-order valence-corrected chi connectivity index (χ3v) is 4.29. The summed E-state index contributed by atoms with van der Waals surface area (Å²) in [7, 11) is 0. The Hall–Kier alpha value is -1.31. The third kappa shape index (κ3) is 6.64. The molecule has 0 heterocycles. The van der Waals surface area contributed by atoms with Gasteiger partial charge in [-0.2, -0.15) is 0 Å². The zero-order valence-electron chi connectivity index (χ0n) is 14.7. The summed E-state index contributed by atoms with van der Waals surface area (Å²) in [6.07, 6.45) is 10.4. The van der Waals surface area contributed by atoms with E-state index >= 15 is 0 Å². The van der Waals surface area contributed by atoms with Crippen molar-refractivity contribution in [1.29, 1.82) is 0 Å². The fourth-order valence-corrected chi connectivity index (χ4v) is 2.84. The Morgan fingerprint density at radius 3 is 2.18 bits per heavy atom. The van der Waals surface area contributed by atoms with Crippen LogP contribution in [-0.2, 0) is 6.42 Å². The lowest BCUT2D eigenvalue weighted by Gasteiger charge is -2.18. The second-order valence-electron chi connectivity index (χ2n) is 6.05. The van der Waals surface area contributed by atoms with Gasteiger partial charge in [-0.05, 0) is 44.4 Å². The average molecular weight is 303 g/mol. The fraction of sp³-hybridized carbons (Fsp3) is 0.650. The van der Waals surface area contributed by atoms with E-state index in [1.807, 2.05) is 30.9 Å². The molecule has 2 nitrogen and oxygen atoms in total. The maximum Gasteiger partial charge on any atom is 0.253 e. The molecule has 0 atom stereocenters. The van der Waals surface area contributed by atoms with Crippen LogP contribution in [0.1, 0.15) is 81.6 Å². The minimum absolute atomic E-state index is 0.159. The van der Waals surface area contributed by atoms with Crippen molar-refractivity contribution in [1.82, 2.24) is 4.90 Å². The van der Waals surface area contributed by atoms with Crippen LogP contribution in [-0.4, -0.2) is 23.9 Å². The lowest BCUT2D eigenvalue weighted by molar-refractivity contribution is 0.0773. The van der Waals surface area contributed by atoms with Crippen molar-refractivity contribution in [2.75, 3.05) is 13.1 Å². The molecular formula is C20H33NO. The van der Waals surface area contributed by atoms with Gasteiger partial charge in [0.05, 0.1) is 0 Å². The van der Waals surface area contributed by atoms with Gasteiger partial charge in [-0.15, -0.1) is 0 Å². The van der Waals surface area contributed by atoms with Crippen LogP contribution in [0.2, 0.25) is 0 Å². The Labute approximate surface area is 136 Å². The van der Waals surface area contributed by atoms with Crippen molar-refractivity contribution in [3.05, 3.63) is 35.4 Å². The van der Waals surface area contributed by atoms with Crippen LogP contribution in [0.4, 0.5) is 0 Å². The molecule has 1 aromatic rings. The molecule has 2 heteroatoms. The van der Waals surface area contributed by atoms with E-state index in [1.165, 1.54) is 50.5 Å². The van der Waals surface area contributed by atoms with Gasteiger partial charge in [0.15, 0.2) is 0 Å². The summed E-state index contributed by atoms with van der Waals surface area (Å²) in [4.78, 5) is 14.2. The predicted molar refractivity (Wildman–Crippen MR) is 95.4 cm³/mol. The molecule has 0 unspecified atom stereocenters. The number of hydrogen-bond acceptors (Lipinski definition) is 1. The molecule has 1 aromatic carbocycles. The Morgan fingerprint density at radius 1 is 0.909 bits per heavy atom. The van der Waals surface area contributed by atoms with Gasteiger partial charge in [0, 0.05) is 18.7 Å². The highest BCUT2D eigenvalue weighted by Crippen LogP contribution is 2.13. The van der Waals surface area contributed by atoms with Gasteiger partial charge in [-0.3, -0.25) is 4.79 Å². The first-order chi connectivity index (χ1) is 10.7. The summed E-state index contributed by atoms with van der Waals surface area (Å²) in [6, 6.07) is 8.19. The van der Waals surface area contributed by atoms with Crippen LogP contribution in [0.3, 0.4) is 0 Å². The largest absolute Gasteiger partial charge is 0.339 e. The first kappa shape index (κ1) is 18.7. The van der Waals surface area contributed by atoms with E-state index in [0.29, 0.717) is 0 Å². The number of carbonyl (C=O) groups excluding carboxylic acids is 1. The minimum Gasteiger partial charge on any atom is -0.339 e. The quantitative estimate of drug-likeness (QED) is 0.497. The first-order valence-electron chi connectivity index (χ1n) is 9.11. The molecule has 0 bridgehead atoms. The van der Waals surface area contributed by atoms with Crippen molar-refractivity contribution in [3.8, 4) is 0 Å². The molecule has 0 saturated heterocycles. The molecule has 1 amide bonds. The number of rotatable bonds is 11. The molecule has 0 N–H and O–H groups in total.